The van der Waals surface area contributed by atoms with Gasteiger partial charge in [-0.3, -0.25) is 4.72 Å². The van der Waals surface area contributed by atoms with E-state index in [1.165, 1.54) is 0 Å². The van der Waals surface area contributed by atoms with Crippen molar-refractivity contribution in [2.75, 3.05) is 22.0 Å². The Balaban J connectivity index is 1.83. The Morgan fingerprint density at radius 3 is 2.30 bits per heavy atom. The van der Waals surface area contributed by atoms with Gasteiger partial charge in [0, 0.05) is 11.4 Å². The van der Waals surface area contributed by atoms with Gasteiger partial charge in [-0.2, -0.15) is 0 Å². The van der Waals surface area contributed by atoms with E-state index in [1.807, 2.05) is 44.2 Å². The third-order valence-corrected chi connectivity index (χ3v) is 6.55. The van der Waals surface area contributed by atoms with Crippen LogP contribution >= 0.6 is 12.2 Å². The van der Waals surface area contributed by atoms with E-state index in [-0.39, 0.29) is 4.90 Å². The number of thiocarbonyl (C=S) groups is 1. The number of anilines is 3. The zero-order valence-corrected chi connectivity index (χ0v) is 20.8. The van der Waals surface area contributed by atoms with Gasteiger partial charge in [-0.25, -0.2) is 8.42 Å². The van der Waals surface area contributed by atoms with Crippen LogP contribution in [-0.2, 0) is 10.0 Å². The van der Waals surface area contributed by atoms with Gasteiger partial charge in [0.05, 0.1) is 12.3 Å². The lowest BCUT2D eigenvalue weighted by Crippen LogP contribution is -2.23. The van der Waals surface area contributed by atoms with Crippen molar-refractivity contribution in [2.45, 2.75) is 38.5 Å². The molecule has 8 heteroatoms. The van der Waals surface area contributed by atoms with E-state index in [0.29, 0.717) is 34.8 Å². The highest BCUT2D eigenvalue weighted by Crippen LogP contribution is 2.27. The molecule has 0 unspecified atom stereocenters. The maximum atomic E-state index is 13.2. The van der Waals surface area contributed by atoms with Crippen molar-refractivity contribution >= 4 is 44.4 Å². The van der Waals surface area contributed by atoms with Crippen LogP contribution in [0.15, 0.2) is 71.6 Å². The fourth-order valence-electron chi connectivity index (χ4n) is 3.34. The van der Waals surface area contributed by atoms with Crippen molar-refractivity contribution in [3.05, 3.63) is 77.9 Å². The number of hydrogen-bond donors (Lipinski definition) is 3. The Hall–Kier alpha value is -3.10. The topological polar surface area (TPSA) is 79.5 Å². The highest BCUT2D eigenvalue weighted by atomic mass is 32.2. The Bertz CT molecular complexity index is 1220. The van der Waals surface area contributed by atoms with Crippen molar-refractivity contribution in [1.82, 2.24) is 0 Å². The molecule has 0 saturated carbocycles. The second-order valence-electron chi connectivity index (χ2n) is 7.88. The van der Waals surface area contributed by atoms with Crippen LogP contribution in [0.1, 0.15) is 37.8 Å². The first kappa shape index (κ1) is 24.5. The third-order valence-electron chi connectivity index (χ3n) is 4.92. The predicted molar refractivity (Wildman–Crippen MR) is 140 cm³/mol. The molecule has 3 N–H and O–H groups in total. The largest absolute Gasteiger partial charge is 0.494 e. The molecule has 0 bridgehead atoms. The molecule has 0 aromatic heterocycles. The van der Waals surface area contributed by atoms with Crippen LogP contribution in [0.4, 0.5) is 17.1 Å². The number of rotatable bonds is 8. The fraction of sp³-hybridized carbons (Fsp3) is 0.240. The van der Waals surface area contributed by atoms with Crippen LogP contribution in [-0.4, -0.2) is 20.1 Å². The lowest BCUT2D eigenvalue weighted by atomic mass is 10.0. The number of hydrogen-bond acceptors (Lipinski definition) is 4. The molecule has 0 saturated heterocycles. The second-order valence-corrected chi connectivity index (χ2v) is 9.94. The number of ether oxygens (including phenoxy) is 1. The summed E-state index contributed by atoms with van der Waals surface area (Å²) >= 11 is 5.50. The average Bonchev–Trinajstić information content (AvgIpc) is 2.76. The molecule has 6 nitrogen and oxygen atoms in total. The molecule has 174 valence electrons. The molecule has 3 aromatic rings. The van der Waals surface area contributed by atoms with Crippen LogP contribution in [0.5, 0.6) is 5.75 Å². The summed E-state index contributed by atoms with van der Waals surface area (Å²) in [7, 11) is -3.87. The van der Waals surface area contributed by atoms with Gasteiger partial charge in [-0.05, 0) is 85.6 Å². The summed E-state index contributed by atoms with van der Waals surface area (Å²) in [5.41, 5.74) is 3.65. The van der Waals surface area contributed by atoms with Gasteiger partial charge in [0.1, 0.15) is 10.6 Å². The normalized spacial score (nSPS) is 11.2. The zero-order valence-electron chi connectivity index (χ0n) is 19.2. The average molecular weight is 484 g/mol. The first-order valence-electron chi connectivity index (χ1n) is 10.7. The summed E-state index contributed by atoms with van der Waals surface area (Å²) in [6, 6.07) is 19.8. The third kappa shape index (κ3) is 6.46. The highest BCUT2D eigenvalue weighted by Gasteiger charge is 2.20. The number of para-hydroxylation sites is 1. The van der Waals surface area contributed by atoms with Crippen molar-refractivity contribution in [3.63, 3.8) is 0 Å². The van der Waals surface area contributed by atoms with Gasteiger partial charge >= 0.3 is 0 Å². The summed E-state index contributed by atoms with van der Waals surface area (Å²) in [5, 5.41) is 6.55. The molecule has 33 heavy (non-hydrogen) atoms. The lowest BCUT2D eigenvalue weighted by Gasteiger charge is -2.18. The number of benzene rings is 3. The first-order valence-corrected chi connectivity index (χ1v) is 12.6. The molecule has 0 aliphatic rings. The minimum Gasteiger partial charge on any atom is -0.494 e. The first-order chi connectivity index (χ1) is 15.7. The maximum Gasteiger partial charge on any atom is 0.263 e. The van der Waals surface area contributed by atoms with Gasteiger partial charge < -0.3 is 15.4 Å². The van der Waals surface area contributed by atoms with Crippen molar-refractivity contribution in [2.24, 2.45) is 0 Å². The molecule has 0 heterocycles. The van der Waals surface area contributed by atoms with Crippen LogP contribution in [0, 0.1) is 6.92 Å². The molecule has 0 aliphatic carbocycles. The lowest BCUT2D eigenvalue weighted by molar-refractivity contribution is 0.340. The monoisotopic (exact) mass is 483 g/mol. The minimum atomic E-state index is -3.87. The van der Waals surface area contributed by atoms with E-state index in [9.17, 15) is 8.42 Å². The van der Waals surface area contributed by atoms with Crippen LogP contribution in [0.3, 0.4) is 0 Å². The maximum absolute atomic E-state index is 13.2. The Morgan fingerprint density at radius 1 is 0.970 bits per heavy atom. The van der Waals surface area contributed by atoms with Gasteiger partial charge in [0.15, 0.2) is 5.11 Å². The predicted octanol–water partition coefficient (Wildman–Crippen LogP) is 6.13. The van der Waals surface area contributed by atoms with Crippen molar-refractivity contribution in [3.8, 4) is 5.75 Å². The summed E-state index contributed by atoms with van der Waals surface area (Å²) in [4.78, 5) is 0.109. The quantitative estimate of drug-likeness (QED) is 0.335. The molecule has 0 spiro atoms. The van der Waals surface area contributed by atoms with E-state index < -0.39 is 10.0 Å². The standard InChI is InChI=1S/C25H29N3O3S2/c1-5-31-20-13-11-19(12-14-20)28-33(29,30)24-16-18(4)10-15-23(24)27-25(32)26-22-9-7-6-8-21(22)17(2)3/h6-17,28H,5H2,1-4H3,(H2,26,27,32). The number of sulfonamides is 1. The van der Waals surface area contributed by atoms with Crippen LogP contribution in [0.25, 0.3) is 0 Å². The molecular weight excluding hydrogens is 454 g/mol. The summed E-state index contributed by atoms with van der Waals surface area (Å²) in [6.07, 6.45) is 0. The van der Waals surface area contributed by atoms with E-state index in [0.717, 1.165) is 16.8 Å². The smallest absolute Gasteiger partial charge is 0.263 e. The molecule has 0 radical (unpaired) electrons. The second kappa shape index (κ2) is 10.7. The molecule has 3 rings (SSSR count). The fourth-order valence-corrected chi connectivity index (χ4v) is 4.87. The Labute approximate surface area is 201 Å². The van der Waals surface area contributed by atoms with Crippen molar-refractivity contribution in [1.29, 1.82) is 0 Å². The summed E-state index contributed by atoms with van der Waals surface area (Å²) in [5.74, 6) is 0.988. The molecule has 0 atom stereocenters. The molecule has 0 aliphatic heterocycles. The highest BCUT2D eigenvalue weighted by molar-refractivity contribution is 7.93. The van der Waals surface area contributed by atoms with Gasteiger partial charge in [-0.1, -0.05) is 38.1 Å². The summed E-state index contributed by atoms with van der Waals surface area (Å²) < 4.78 is 34.5. The van der Waals surface area contributed by atoms with E-state index >= 15 is 0 Å². The van der Waals surface area contributed by atoms with Crippen LogP contribution < -0.4 is 20.1 Å². The Morgan fingerprint density at radius 2 is 1.64 bits per heavy atom. The molecule has 3 aromatic carbocycles. The van der Waals surface area contributed by atoms with E-state index in [1.54, 1.807) is 36.4 Å². The minimum absolute atomic E-state index is 0.109. The zero-order chi connectivity index (χ0) is 24.0. The Kier molecular flexibility index (Phi) is 7.94. The van der Waals surface area contributed by atoms with E-state index in [4.69, 9.17) is 17.0 Å². The van der Waals surface area contributed by atoms with E-state index in [2.05, 4.69) is 29.2 Å². The SMILES string of the molecule is CCOc1ccc(NS(=O)(=O)c2cc(C)ccc2NC(=S)Nc2ccccc2C(C)C)cc1. The molecule has 0 fully saturated rings. The van der Waals surface area contributed by atoms with Crippen LogP contribution in [0.2, 0.25) is 0 Å². The van der Waals surface area contributed by atoms with Gasteiger partial charge in [0.25, 0.3) is 10.0 Å². The van der Waals surface area contributed by atoms with Gasteiger partial charge in [-0.15, -0.1) is 0 Å². The molecular formula is C25H29N3O3S2. The summed E-state index contributed by atoms with van der Waals surface area (Å²) in [6.45, 7) is 8.49. The number of aryl methyl sites for hydroxylation is 1. The van der Waals surface area contributed by atoms with Gasteiger partial charge in [0.2, 0.25) is 0 Å². The molecule has 0 amide bonds. The van der Waals surface area contributed by atoms with Crippen molar-refractivity contribution < 1.29 is 13.2 Å². The number of nitrogens with one attached hydrogen (secondary N) is 3.